The second-order valence-electron chi connectivity index (χ2n) is 5.12. The summed E-state index contributed by atoms with van der Waals surface area (Å²) in [6.45, 7) is 4.60. The average Bonchev–Trinajstić information content (AvgIpc) is 2.91. The Morgan fingerprint density at radius 3 is 2.47 bits per heavy atom. The molecule has 0 spiro atoms. The molecule has 0 aromatic heterocycles. The Bertz CT molecular complexity index is 383. The molecule has 3 nitrogen and oxygen atoms in total. The summed E-state index contributed by atoms with van der Waals surface area (Å²) in [5.41, 5.74) is 1.22. The molecule has 106 valence electrons. The largest absolute Gasteiger partial charge is 0.496 e. The van der Waals surface area contributed by atoms with E-state index in [1.165, 1.54) is 44.3 Å². The zero-order valence-electron chi connectivity index (χ0n) is 12.3. The van der Waals surface area contributed by atoms with E-state index in [1.807, 2.05) is 18.2 Å². The van der Waals surface area contributed by atoms with Crippen molar-refractivity contribution in [1.29, 1.82) is 0 Å². The second-order valence-corrected chi connectivity index (χ2v) is 5.12. The van der Waals surface area contributed by atoms with Gasteiger partial charge in [0.05, 0.1) is 19.8 Å². The molecule has 0 aliphatic carbocycles. The first kappa shape index (κ1) is 14.2. The van der Waals surface area contributed by atoms with Gasteiger partial charge in [-0.3, -0.25) is 4.90 Å². The Morgan fingerprint density at radius 2 is 1.89 bits per heavy atom. The SMILES string of the molecule is CCCCN1CCCC1c1c(OC)cccc1OC. The minimum Gasteiger partial charge on any atom is -0.496 e. The van der Waals surface area contributed by atoms with Crippen molar-refractivity contribution in [2.45, 2.75) is 38.6 Å². The monoisotopic (exact) mass is 263 g/mol. The van der Waals surface area contributed by atoms with Gasteiger partial charge in [-0.2, -0.15) is 0 Å². The molecule has 1 atom stereocenters. The summed E-state index contributed by atoms with van der Waals surface area (Å²) < 4.78 is 11.1. The number of ether oxygens (including phenoxy) is 2. The summed E-state index contributed by atoms with van der Waals surface area (Å²) in [5, 5.41) is 0. The van der Waals surface area contributed by atoms with Crippen LogP contribution in [0.15, 0.2) is 18.2 Å². The highest BCUT2D eigenvalue weighted by atomic mass is 16.5. The van der Waals surface area contributed by atoms with E-state index in [1.54, 1.807) is 14.2 Å². The van der Waals surface area contributed by atoms with Gasteiger partial charge in [-0.25, -0.2) is 0 Å². The lowest BCUT2D eigenvalue weighted by atomic mass is 10.0. The molecule has 1 aromatic carbocycles. The van der Waals surface area contributed by atoms with Crippen LogP contribution >= 0.6 is 0 Å². The summed E-state index contributed by atoms with van der Waals surface area (Å²) in [6.07, 6.45) is 4.95. The van der Waals surface area contributed by atoms with Crippen molar-refractivity contribution in [3.8, 4) is 11.5 Å². The summed E-state index contributed by atoms with van der Waals surface area (Å²) in [5.74, 6) is 1.90. The summed E-state index contributed by atoms with van der Waals surface area (Å²) in [7, 11) is 3.48. The lowest BCUT2D eigenvalue weighted by molar-refractivity contribution is 0.241. The standard InChI is InChI=1S/C16H25NO2/c1-4-5-11-17-12-7-8-13(17)16-14(18-2)9-6-10-15(16)19-3/h6,9-10,13H,4-5,7-8,11-12H2,1-3H3. The van der Waals surface area contributed by atoms with Crippen LogP contribution in [0.5, 0.6) is 11.5 Å². The lowest BCUT2D eigenvalue weighted by Crippen LogP contribution is -2.25. The molecule has 1 aliphatic rings. The van der Waals surface area contributed by atoms with Crippen molar-refractivity contribution < 1.29 is 9.47 Å². The lowest BCUT2D eigenvalue weighted by Gasteiger charge is -2.27. The third kappa shape index (κ3) is 3.03. The van der Waals surface area contributed by atoms with Gasteiger partial charge in [0.25, 0.3) is 0 Å². The quantitative estimate of drug-likeness (QED) is 0.782. The predicted octanol–water partition coefficient (Wildman–Crippen LogP) is 3.64. The van der Waals surface area contributed by atoms with Crippen LogP contribution in [0.2, 0.25) is 0 Å². The molecule has 1 aliphatic heterocycles. The van der Waals surface area contributed by atoms with E-state index >= 15 is 0 Å². The van der Waals surface area contributed by atoms with E-state index in [0.29, 0.717) is 6.04 Å². The van der Waals surface area contributed by atoms with Gasteiger partial charge in [-0.15, -0.1) is 0 Å². The van der Waals surface area contributed by atoms with Crippen LogP contribution in [-0.2, 0) is 0 Å². The van der Waals surface area contributed by atoms with Crippen molar-refractivity contribution in [2.24, 2.45) is 0 Å². The number of methoxy groups -OCH3 is 2. The topological polar surface area (TPSA) is 21.7 Å². The van der Waals surface area contributed by atoms with Gasteiger partial charge in [0.2, 0.25) is 0 Å². The van der Waals surface area contributed by atoms with E-state index in [0.717, 1.165) is 11.5 Å². The summed E-state index contributed by atoms with van der Waals surface area (Å²) in [4.78, 5) is 2.57. The minimum absolute atomic E-state index is 0.442. The molecule has 1 saturated heterocycles. The van der Waals surface area contributed by atoms with Crippen LogP contribution in [0.3, 0.4) is 0 Å². The number of likely N-dealkylation sites (tertiary alicyclic amines) is 1. The van der Waals surface area contributed by atoms with Gasteiger partial charge >= 0.3 is 0 Å². The van der Waals surface area contributed by atoms with Gasteiger partial charge in [-0.05, 0) is 44.5 Å². The highest BCUT2D eigenvalue weighted by Gasteiger charge is 2.30. The third-order valence-electron chi connectivity index (χ3n) is 3.96. The Morgan fingerprint density at radius 1 is 1.21 bits per heavy atom. The molecular weight excluding hydrogens is 238 g/mol. The molecule has 1 heterocycles. The number of unbranched alkanes of at least 4 members (excludes halogenated alkanes) is 1. The van der Waals surface area contributed by atoms with Crippen molar-refractivity contribution in [3.63, 3.8) is 0 Å². The Kier molecular flexibility index (Phi) is 5.08. The van der Waals surface area contributed by atoms with Crippen LogP contribution in [-0.4, -0.2) is 32.2 Å². The first-order valence-corrected chi connectivity index (χ1v) is 7.26. The van der Waals surface area contributed by atoms with Crippen LogP contribution in [0.1, 0.15) is 44.2 Å². The maximum Gasteiger partial charge on any atom is 0.127 e. The van der Waals surface area contributed by atoms with Crippen LogP contribution in [0.4, 0.5) is 0 Å². The first-order chi connectivity index (χ1) is 9.31. The fourth-order valence-corrected chi connectivity index (χ4v) is 2.99. The van der Waals surface area contributed by atoms with E-state index < -0.39 is 0 Å². The summed E-state index contributed by atoms with van der Waals surface area (Å²) >= 11 is 0. The fraction of sp³-hybridized carbons (Fsp3) is 0.625. The number of benzene rings is 1. The van der Waals surface area contributed by atoms with Crippen LogP contribution in [0.25, 0.3) is 0 Å². The van der Waals surface area contributed by atoms with Gasteiger partial charge < -0.3 is 9.47 Å². The van der Waals surface area contributed by atoms with E-state index in [-0.39, 0.29) is 0 Å². The van der Waals surface area contributed by atoms with Gasteiger partial charge in [-0.1, -0.05) is 19.4 Å². The molecule has 0 saturated carbocycles. The van der Waals surface area contributed by atoms with Gasteiger partial charge in [0, 0.05) is 6.04 Å². The number of hydrogen-bond acceptors (Lipinski definition) is 3. The van der Waals surface area contributed by atoms with Crippen molar-refractivity contribution in [2.75, 3.05) is 27.3 Å². The smallest absolute Gasteiger partial charge is 0.127 e. The summed E-state index contributed by atoms with van der Waals surface area (Å²) in [6, 6.07) is 6.51. The number of hydrogen-bond donors (Lipinski definition) is 0. The molecular formula is C16H25NO2. The third-order valence-corrected chi connectivity index (χ3v) is 3.96. The van der Waals surface area contributed by atoms with Crippen molar-refractivity contribution in [3.05, 3.63) is 23.8 Å². The fourth-order valence-electron chi connectivity index (χ4n) is 2.99. The van der Waals surface area contributed by atoms with Crippen molar-refractivity contribution in [1.82, 2.24) is 4.90 Å². The molecule has 0 bridgehead atoms. The number of rotatable bonds is 6. The minimum atomic E-state index is 0.442. The number of nitrogens with zero attached hydrogens (tertiary/aromatic N) is 1. The first-order valence-electron chi connectivity index (χ1n) is 7.26. The molecule has 1 fully saturated rings. The van der Waals surface area contributed by atoms with E-state index in [9.17, 15) is 0 Å². The zero-order valence-corrected chi connectivity index (χ0v) is 12.3. The normalized spacial score (nSPS) is 19.6. The van der Waals surface area contributed by atoms with Crippen LogP contribution < -0.4 is 9.47 Å². The molecule has 0 amide bonds. The maximum atomic E-state index is 5.55. The predicted molar refractivity (Wildman–Crippen MR) is 78.0 cm³/mol. The molecule has 19 heavy (non-hydrogen) atoms. The zero-order chi connectivity index (χ0) is 13.7. The van der Waals surface area contributed by atoms with Gasteiger partial charge in [0.15, 0.2) is 0 Å². The molecule has 0 radical (unpaired) electrons. The van der Waals surface area contributed by atoms with E-state index in [4.69, 9.17) is 9.47 Å². The molecule has 0 N–H and O–H groups in total. The van der Waals surface area contributed by atoms with E-state index in [2.05, 4.69) is 11.8 Å². The highest BCUT2D eigenvalue weighted by molar-refractivity contribution is 5.47. The Hall–Kier alpha value is -1.22. The highest BCUT2D eigenvalue weighted by Crippen LogP contribution is 2.42. The second kappa shape index (κ2) is 6.80. The maximum absolute atomic E-state index is 5.55. The molecule has 3 heteroatoms. The van der Waals surface area contributed by atoms with Gasteiger partial charge in [0.1, 0.15) is 11.5 Å². The molecule has 1 aromatic rings. The average molecular weight is 263 g/mol. The molecule has 2 rings (SSSR count). The van der Waals surface area contributed by atoms with Crippen molar-refractivity contribution >= 4 is 0 Å². The van der Waals surface area contributed by atoms with Crippen LogP contribution in [0, 0.1) is 0 Å². The molecule has 1 unspecified atom stereocenters. The Balaban J connectivity index is 2.28. The Labute approximate surface area is 116 Å².